The van der Waals surface area contributed by atoms with Crippen molar-refractivity contribution in [1.82, 2.24) is 0 Å². The van der Waals surface area contributed by atoms with Gasteiger partial charge in [-0.15, -0.1) is 0 Å². The van der Waals surface area contributed by atoms with E-state index in [2.05, 4.69) is 267 Å². The maximum atomic E-state index is 2.58. The molecule has 320 valence electrons. The molecule has 12 rings (SSSR count). The molecule has 4 atom stereocenters. The van der Waals surface area contributed by atoms with Crippen molar-refractivity contribution in [1.29, 1.82) is 0 Å². The van der Waals surface area contributed by atoms with Gasteiger partial charge in [-0.3, -0.25) is 0 Å². The zero-order valence-corrected chi connectivity index (χ0v) is 46.1. The summed E-state index contributed by atoms with van der Waals surface area (Å²) in [6.45, 7) is 0. The topological polar surface area (TPSA) is 0 Å². The summed E-state index contributed by atoms with van der Waals surface area (Å²) in [7, 11) is 0. The van der Waals surface area contributed by atoms with Gasteiger partial charge in [0, 0.05) is 0 Å². The summed E-state index contributed by atoms with van der Waals surface area (Å²) in [5.74, 6) is -2.76. The van der Waals surface area contributed by atoms with Crippen LogP contribution in [-0.2, 0) is 41.2 Å². The first kappa shape index (κ1) is 45.9. The number of halogens is 2. The molecule has 4 unspecified atom stereocenters. The average Bonchev–Trinajstić information content (AvgIpc) is 4.20. The number of fused-ring (bicyclic) bond motifs is 4. The molecule has 0 aromatic heterocycles. The van der Waals surface area contributed by atoms with Crippen LogP contribution in [0.3, 0.4) is 0 Å². The van der Waals surface area contributed by atoms with Crippen LogP contribution in [0.4, 0.5) is 0 Å². The van der Waals surface area contributed by atoms with E-state index < -0.39 is 53.2 Å². The van der Waals surface area contributed by atoms with E-state index in [1.54, 1.807) is 43.0 Å². The third-order valence-corrected chi connectivity index (χ3v) is 77.4. The summed E-state index contributed by atoms with van der Waals surface area (Å²) in [6.07, 6.45) is 19.9. The molecule has 8 aromatic rings. The molecule has 0 radical (unpaired) electrons. The zero-order chi connectivity index (χ0) is 42.7. The second-order valence-electron chi connectivity index (χ2n) is 17.4. The van der Waals surface area contributed by atoms with Gasteiger partial charge in [0.05, 0.1) is 0 Å². The normalized spacial score (nSPS) is 17.5. The van der Waals surface area contributed by atoms with E-state index in [1.165, 1.54) is 22.3 Å². The van der Waals surface area contributed by atoms with E-state index in [9.17, 15) is 0 Å². The summed E-state index contributed by atoms with van der Waals surface area (Å²) in [5.41, 5.74) is 12.1. The summed E-state index contributed by atoms with van der Waals surface area (Å²) in [5, 5.41) is 6.49. The molecule has 0 saturated heterocycles. The number of hydrogen-bond donors (Lipinski definition) is 0. The molecule has 0 bridgehead atoms. The fraction of sp³-hybridized carbons (Fsp3) is 0.0667. The maximum absolute atomic E-state index is 2.58. The van der Waals surface area contributed by atoms with E-state index in [0.717, 1.165) is 0 Å². The zero-order valence-electron chi connectivity index (χ0n) is 36.6. The summed E-state index contributed by atoms with van der Waals surface area (Å²) < 4.78 is 2.53. The molecule has 0 fully saturated rings. The van der Waals surface area contributed by atoms with E-state index in [-0.39, 0.29) is 9.41 Å². The Balaban J connectivity index is 0.000000161. The Kier molecular flexibility index (Phi) is 14.7. The molecule has 0 N–H and O–H groups in total. The van der Waals surface area contributed by atoms with Crippen LogP contribution in [0.25, 0.3) is 24.3 Å². The van der Waals surface area contributed by atoms with Gasteiger partial charge in [-0.2, -0.15) is 0 Å². The van der Waals surface area contributed by atoms with Crippen LogP contribution in [0.5, 0.6) is 0 Å². The van der Waals surface area contributed by atoms with E-state index in [1.807, 2.05) is 0 Å². The van der Waals surface area contributed by atoms with Gasteiger partial charge in [-0.1, -0.05) is 0 Å². The van der Waals surface area contributed by atoms with Crippen LogP contribution in [0.2, 0.25) is 0 Å². The molecule has 0 aliphatic heterocycles. The smallest absolute Gasteiger partial charge is 1.00 e. The van der Waals surface area contributed by atoms with Crippen molar-refractivity contribution in [2.75, 3.05) is 0 Å². The van der Waals surface area contributed by atoms with Crippen molar-refractivity contribution in [3.63, 3.8) is 0 Å². The Labute approximate surface area is 405 Å². The Morgan fingerprint density at radius 1 is 0.242 bits per heavy atom. The minimum atomic E-state index is -2.44. The third-order valence-electron chi connectivity index (χ3n) is 13.8. The molecule has 4 aliphatic carbocycles. The Morgan fingerprint density at radius 3 is 0.667 bits per heavy atom. The predicted octanol–water partition coefficient (Wildman–Crippen LogP) is 5.37. The second kappa shape index (κ2) is 21.2. The van der Waals surface area contributed by atoms with Gasteiger partial charge in [-0.05, 0) is 0 Å². The molecule has 66 heavy (non-hydrogen) atoms. The average molecular weight is 1220 g/mol. The fourth-order valence-electron chi connectivity index (χ4n) is 11.0. The van der Waals surface area contributed by atoms with E-state index in [0.29, 0.717) is 14.7 Å². The van der Waals surface area contributed by atoms with E-state index in [4.69, 9.17) is 0 Å². The largest absolute Gasteiger partial charge is 1.00 e. The monoisotopic (exact) mass is 1220 g/mol. The molecule has 4 aliphatic rings. The molecule has 0 saturated carbocycles. The van der Waals surface area contributed by atoms with Gasteiger partial charge in [0.1, 0.15) is 0 Å². The van der Waals surface area contributed by atoms with Gasteiger partial charge < -0.3 is 9.41 Å². The minimum Gasteiger partial charge on any atom is -1.00 e. The fourth-order valence-corrected chi connectivity index (χ4v) is 83.4. The van der Waals surface area contributed by atoms with Crippen LogP contribution >= 0.6 is 0 Å². The molecule has 0 nitrogen and oxygen atoms in total. The second-order valence-corrected chi connectivity index (χ2v) is 61.3. The maximum Gasteiger partial charge on any atom is -1.00 e. The first-order chi connectivity index (χ1) is 31.8. The molecule has 0 spiro atoms. The van der Waals surface area contributed by atoms with Crippen LogP contribution in [0.15, 0.2) is 243 Å². The van der Waals surface area contributed by atoms with Gasteiger partial charge >= 0.3 is 400 Å². The van der Waals surface area contributed by atoms with Gasteiger partial charge in [-0.25, -0.2) is 0 Å². The summed E-state index contributed by atoms with van der Waals surface area (Å²) >= 11 is -4.89. The molecule has 0 heterocycles. The quantitative estimate of drug-likeness (QED) is 0.162. The molecule has 8 aromatic carbocycles. The standard InChI is InChI=1S/2C12H11Si.4C9H7.2FH.2Hf/c2*1-3-7-11(8-4-1)13-12-9-5-2-6-10-12;4*1-2-5-9-7-3-6-8(9)4-1;;;;/h2*1-10,13H;4*1-7H;2*1H;;/q;;;;;;;;2*+1/p-2. The third kappa shape index (κ3) is 9.10. The molecular weight excluding hydrogens is 1170 g/mol. The minimum absolute atomic E-state index is 0. The van der Waals surface area contributed by atoms with Gasteiger partial charge in [0.25, 0.3) is 0 Å². The van der Waals surface area contributed by atoms with Crippen molar-refractivity contribution < 1.29 is 50.6 Å². The number of benzene rings is 8. The Morgan fingerprint density at radius 2 is 0.439 bits per heavy atom. The Hall–Kier alpha value is -5.25. The van der Waals surface area contributed by atoms with Gasteiger partial charge in [0.2, 0.25) is 0 Å². The van der Waals surface area contributed by atoms with Crippen molar-refractivity contribution >= 4 is 57.0 Å². The molecule has 0 amide bonds. The Bertz CT molecular complexity index is 2600. The van der Waals surface area contributed by atoms with Crippen LogP contribution in [0.1, 0.15) is 59.2 Å². The van der Waals surface area contributed by atoms with E-state index >= 15 is 0 Å². The number of rotatable bonds is 10. The number of allylic oxidation sites excluding steroid dienone is 4. The first-order valence-corrected chi connectivity index (χ1v) is 47.0. The van der Waals surface area contributed by atoms with Crippen molar-refractivity contribution in [3.05, 3.63) is 287 Å². The van der Waals surface area contributed by atoms with Crippen molar-refractivity contribution in [2.45, 2.75) is 14.7 Å². The van der Waals surface area contributed by atoms with Gasteiger partial charge in [0.15, 0.2) is 0 Å². The SMILES string of the molecule is C1=C[CH]([Hf+]([CH]2C=Cc3ccccc32)[SiH](c2ccccc2)c2ccccc2)c2ccccc21.C1=C[CH]([Hf+]([CH]2C=Cc3ccccc32)[SiH](c2ccccc2)c2ccccc2)c2ccccc21.[F-].[F-]. The van der Waals surface area contributed by atoms with Crippen LogP contribution in [-0.4, -0.2) is 12.0 Å². The molecule has 6 heteroatoms. The van der Waals surface area contributed by atoms with Crippen molar-refractivity contribution in [2.24, 2.45) is 0 Å². The van der Waals surface area contributed by atoms with Crippen LogP contribution in [0, 0.1) is 0 Å². The predicted molar refractivity (Wildman–Crippen MR) is 271 cm³/mol. The summed E-state index contributed by atoms with van der Waals surface area (Å²) in [4.78, 5) is 0. The van der Waals surface area contributed by atoms with Crippen molar-refractivity contribution in [3.8, 4) is 0 Å². The summed E-state index contributed by atoms with van der Waals surface area (Å²) in [6, 6.07) is 82.5. The number of hydrogen-bond acceptors (Lipinski definition) is 0. The van der Waals surface area contributed by atoms with Crippen LogP contribution < -0.4 is 30.2 Å². The first-order valence-electron chi connectivity index (χ1n) is 22.8. The molecular formula is C60H50F2Hf2Si2.